The number of carbonyl (C=O) groups is 2. The summed E-state index contributed by atoms with van der Waals surface area (Å²) in [5.41, 5.74) is 1.11. The molecule has 248 valence electrons. The van der Waals surface area contributed by atoms with E-state index in [1.54, 1.807) is 47.4 Å². The van der Waals surface area contributed by atoms with Gasteiger partial charge in [-0.25, -0.2) is 9.97 Å². The molecule has 0 bridgehead atoms. The lowest BCUT2D eigenvalue weighted by Crippen LogP contribution is -2.53. The zero-order valence-corrected chi connectivity index (χ0v) is 27.7. The third-order valence-corrected chi connectivity index (χ3v) is 10.7. The van der Waals surface area contributed by atoms with E-state index in [0.717, 1.165) is 16.0 Å². The molecular formula is C35H37N7O5S. The number of fused-ring (bicyclic) bond motifs is 1. The lowest BCUT2D eigenvalue weighted by molar-refractivity contribution is -0.142. The molecule has 0 saturated carbocycles. The maximum atomic E-state index is 14.1. The van der Waals surface area contributed by atoms with E-state index in [0.29, 0.717) is 67.2 Å². The number of methoxy groups -OCH3 is 1. The first-order chi connectivity index (χ1) is 23.2. The van der Waals surface area contributed by atoms with Crippen molar-refractivity contribution >= 4 is 34.2 Å². The molecule has 0 aliphatic carbocycles. The van der Waals surface area contributed by atoms with E-state index in [2.05, 4.69) is 15.0 Å². The molecule has 4 aromatic heterocycles. The lowest BCUT2D eigenvalue weighted by atomic mass is 9.79. The molecule has 2 aliphatic rings. The Morgan fingerprint density at radius 1 is 1.04 bits per heavy atom. The van der Waals surface area contributed by atoms with Crippen LogP contribution < -0.4 is 10.3 Å². The van der Waals surface area contributed by atoms with Crippen molar-refractivity contribution in [2.24, 2.45) is 13.0 Å². The van der Waals surface area contributed by atoms with Crippen molar-refractivity contribution < 1.29 is 19.4 Å². The molecule has 2 amide bonds. The van der Waals surface area contributed by atoms with E-state index in [1.807, 2.05) is 48.3 Å². The largest absolute Gasteiger partial charge is 0.494 e. The SMILES string of the molecule is COc1cnccc1-c1cnc(C(=O)N2CC[C@@H](C(=O)N3CCC(O)(Cn4cnc5c(ccn5C)c4=O)CC3)[C@H](c3ccccc3)C2)s1. The van der Waals surface area contributed by atoms with Gasteiger partial charge in [0.05, 0.1) is 35.7 Å². The van der Waals surface area contributed by atoms with Gasteiger partial charge in [-0.05, 0) is 37.0 Å². The van der Waals surface area contributed by atoms with Crippen LogP contribution in [0.25, 0.3) is 21.5 Å². The molecule has 5 aromatic rings. The van der Waals surface area contributed by atoms with Crippen LogP contribution in [0, 0.1) is 5.92 Å². The number of hydrogen-bond acceptors (Lipinski definition) is 9. The fourth-order valence-electron chi connectivity index (χ4n) is 7.00. The topological polar surface area (TPSA) is 136 Å². The number of aliphatic hydroxyl groups is 1. The molecule has 48 heavy (non-hydrogen) atoms. The summed E-state index contributed by atoms with van der Waals surface area (Å²) in [7, 11) is 3.42. The summed E-state index contributed by atoms with van der Waals surface area (Å²) in [5.74, 6) is -0.0298. The Labute approximate surface area is 281 Å². The van der Waals surface area contributed by atoms with Crippen LogP contribution in [0.2, 0.25) is 0 Å². The summed E-state index contributed by atoms with van der Waals surface area (Å²) >= 11 is 1.31. The highest BCUT2D eigenvalue weighted by molar-refractivity contribution is 7.17. The Morgan fingerprint density at radius 3 is 2.60 bits per heavy atom. The number of amides is 2. The second-order valence-corrected chi connectivity index (χ2v) is 13.7. The van der Waals surface area contributed by atoms with E-state index in [4.69, 9.17) is 4.74 Å². The number of piperidine rings is 2. The number of rotatable bonds is 7. The molecule has 1 aromatic carbocycles. The first-order valence-corrected chi connectivity index (χ1v) is 16.9. The van der Waals surface area contributed by atoms with E-state index >= 15 is 0 Å². The highest BCUT2D eigenvalue weighted by Crippen LogP contribution is 2.37. The third-order valence-electron chi connectivity index (χ3n) is 9.72. The second-order valence-electron chi connectivity index (χ2n) is 12.7. The van der Waals surface area contributed by atoms with Gasteiger partial charge in [-0.2, -0.15) is 0 Å². The molecule has 6 heterocycles. The highest BCUT2D eigenvalue weighted by atomic mass is 32.1. The van der Waals surface area contributed by atoms with Crippen LogP contribution in [0.5, 0.6) is 5.75 Å². The smallest absolute Gasteiger partial charge is 0.282 e. The minimum atomic E-state index is -1.13. The van der Waals surface area contributed by atoms with Gasteiger partial charge < -0.3 is 24.2 Å². The van der Waals surface area contributed by atoms with Crippen molar-refractivity contribution in [3.63, 3.8) is 0 Å². The van der Waals surface area contributed by atoms with Crippen molar-refractivity contribution in [2.75, 3.05) is 33.3 Å². The predicted octanol–water partition coefficient (Wildman–Crippen LogP) is 3.56. The van der Waals surface area contributed by atoms with E-state index in [9.17, 15) is 19.5 Å². The Bertz CT molecular complexity index is 2010. The number of aromatic nitrogens is 5. The van der Waals surface area contributed by atoms with Crippen molar-refractivity contribution in [3.8, 4) is 16.2 Å². The monoisotopic (exact) mass is 667 g/mol. The highest BCUT2D eigenvalue weighted by Gasteiger charge is 2.42. The molecule has 7 rings (SSSR count). The van der Waals surface area contributed by atoms with Gasteiger partial charge in [0.1, 0.15) is 17.7 Å². The number of carbonyl (C=O) groups excluding carboxylic acids is 2. The molecule has 2 fully saturated rings. The van der Waals surface area contributed by atoms with E-state index < -0.39 is 5.60 Å². The molecular weight excluding hydrogens is 630 g/mol. The quantitative estimate of drug-likeness (QED) is 0.279. The molecule has 2 atom stereocenters. The van der Waals surface area contributed by atoms with Gasteiger partial charge in [0.15, 0.2) is 5.01 Å². The third kappa shape index (κ3) is 5.99. The standard InChI is InChI=1S/C35H37N7O5S/c1-39-14-9-26-30(39)38-22-42(33(26)44)21-35(46)11-16-40(17-12-35)32(43)24-10-15-41(20-27(24)23-6-4-3-5-7-23)34(45)31-37-19-29(48-31)25-8-13-36-18-28(25)47-2/h3-9,13-14,18-19,22,24,27,46H,10-12,15-17,20-21H2,1-2H3/t24-,27+/m1/s1. The van der Waals surface area contributed by atoms with Crippen LogP contribution in [0.1, 0.15) is 40.5 Å². The summed E-state index contributed by atoms with van der Waals surface area (Å²) in [5, 5.41) is 12.4. The van der Waals surface area contributed by atoms with Gasteiger partial charge in [0.2, 0.25) is 5.91 Å². The molecule has 2 aliphatic heterocycles. The average Bonchev–Trinajstić information content (AvgIpc) is 3.77. The van der Waals surface area contributed by atoms with Crippen molar-refractivity contribution in [1.82, 2.24) is 33.9 Å². The summed E-state index contributed by atoms with van der Waals surface area (Å²) < 4.78 is 8.71. The predicted molar refractivity (Wildman–Crippen MR) is 181 cm³/mol. The summed E-state index contributed by atoms with van der Waals surface area (Å²) in [6, 6.07) is 13.5. The molecule has 13 heteroatoms. The normalized spacial score (nSPS) is 19.4. The maximum absolute atomic E-state index is 14.1. The number of hydrogen-bond donors (Lipinski definition) is 1. The van der Waals surface area contributed by atoms with Gasteiger partial charge in [-0.1, -0.05) is 30.3 Å². The summed E-state index contributed by atoms with van der Waals surface area (Å²) in [6.45, 7) is 1.70. The van der Waals surface area contributed by atoms with Gasteiger partial charge in [-0.3, -0.25) is 23.9 Å². The average molecular weight is 668 g/mol. The van der Waals surface area contributed by atoms with Gasteiger partial charge >= 0.3 is 0 Å². The zero-order valence-electron chi connectivity index (χ0n) is 26.9. The fraction of sp³-hybridized carbons (Fsp3) is 0.371. The Balaban J connectivity index is 1.04. The van der Waals surface area contributed by atoms with Crippen LogP contribution in [-0.2, 0) is 18.4 Å². The second kappa shape index (κ2) is 13.0. The summed E-state index contributed by atoms with van der Waals surface area (Å²) in [6.07, 6.45) is 9.49. The van der Waals surface area contributed by atoms with Crippen LogP contribution in [0.3, 0.4) is 0 Å². The molecule has 0 radical (unpaired) electrons. The lowest BCUT2D eigenvalue weighted by Gasteiger charge is -2.43. The summed E-state index contributed by atoms with van der Waals surface area (Å²) in [4.78, 5) is 58.4. The van der Waals surface area contributed by atoms with Gasteiger partial charge in [0, 0.05) is 69.2 Å². The molecule has 0 spiro atoms. The number of thiazole rings is 1. The van der Waals surface area contributed by atoms with Gasteiger partial charge in [-0.15, -0.1) is 11.3 Å². The Morgan fingerprint density at radius 2 is 1.83 bits per heavy atom. The van der Waals surface area contributed by atoms with Crippen molar-refractivity contribution in [3.05, 3.63) is 94.5 Å². The van der Waals surface area contributed by atoms with Crippen LogP contribution in [-0.4, -0.2) is 89.7 Å². The number of likely N-dealkylation sites (tertiary alicyclic amines) is 2. The number of ether oxygens (including phenoxy) is 1. The first-order valence-electron chi connectivity index (χ1n) is 16.0. The maximum Gasteiger partial charge on any atom is 0.282 e. The van der Waals surface area contributed by atoms with Crippen LogP contribution >= 0.6 is 11.3 Å². The minimum Gasteiger partial charge on any atom is -0.494 e. The molecule has 2 saturated heterocycles. The molecule has 1 N–H and O–H groups in total. The minimum absolute atomic E-state index is 0.0313. The van der Waals surface area contributed by atoms with E-state index in [-0.39, 0.29) is 35.8 Å². The first kappa shape index (κ1) is 31.7. The molecule has 0 unspecified atom stereocenters. The van der Waals surface area contributed by atoms with Crippen molar-refractivity contribution in [2.45, 2.75) is 37.3 Å². The van der Waals surface area contributed by atoms with Crippen molar-refractivity contribution in [1.29, 1.82) is 0 Å². The molecule has 12 nitrogen and oxygen atoms in total. The van der Waals surface area contributed by atoms with Crippen LogP contribution in [0.15, 0.2) is 78.4 Å². The fourth-order valence-corrected chi connectivity index (χ4v) is 7.91. The number of aryl methyl sites for hydroxylation is 1. The Kier molecular flexibility index (Phi) is 8.56. The zero-order chi connectivity index (χ0) is 33.4. The number of benzene rings is 1. The number of nitrogens with zero attached hydrogens (tertiary/aromatic N) is 7. The Hall–Kier alpha value is -4.88. The van der Waals surface area contributed by atoms with E-state index in [1.165, 1.54) is 22.2 Å². The number of pyridine rings is 1. The van der Waals surface area contributed by atoms with Gasteiger partial charge in [0.25, 0.3) is 11.5 Å². The van der Waals surface area contributed by atoms with Crippen LogP contribution in [0.4, 0.5) is 0 Å².